The minimum Gasteiger partial charge on any atom is -0.493 e. The van der Waals surface area contributed by atoms with Crippen LogP contribution in [0.5, 0.6) is 5.75 Å². The van der Waals surface area contributed by atoms with Gasteiger partial charge in [0, 0.05) is 0 Å². The van der Waals surface area contributed by atoms with Gasteiger partial charge in [-0.15, -0.1) is 0 Å². The molecule has 0 unspecified atom stereocenters. The Bertz CT molecular complexity index is 421. The maximum absolute atomic E-state index is 13.5. The van der Waals surface area contributed by atoms with E-state index in [1.165, 1.54) is 19.2 Å². The normalized spacial score (nSPS) is 10.5. The predicted molar refractivity (Wildman–Crippen MR) is 69.5 cm³/mol. The number of methoxy groups -OCH3 is 1. The van der Waals surface area contributed by atoms with Crippen molar-refractivity contribution in [3.8, 4) is 5.75 Å². The highest BCUT2D eigenvalue weighted by Gasteiger charge is 2.24. The van der Waals surface area contributed by atoms with Gasteiger partial charge in [-0.25, -0.2) is 9.18 Å². The van der Waals surface area contributed by atoms with Crippen LogP contribution in [0.2, 0.25) is 0 Å². The molecule has 3 nitrogen and oxygen atoms in total. The van der Waals surface area contributed by atoms with Gasteiger partial charge in [-0.05, 0) is 18.6 Å². The number of alkyl halides is 2. The lowest BCUT2D eigenvalue weighted by atomic mass is 10.1. The second-order valence-corrected chi connectivity index (χ2v) is 6.13. The van der Waals surface area contributed by atoms with Crippen LogP contribution in [0.25, 0.3) is 0 Å². The van der Waals surface area contributed by atoms with Gasteiger partial charge >= 0.3 is 5.97 Å². The van der Waals surface area contributed by atoms with E-state index in [0.717, 1.165) is 0 Å². The van der Waals surface area contributed by atoms with Crippen LogP contribution in [0.4, 0.5) is 4.39 Å². The summed E-state index contributed by atoms with van der Waals surface area (Å²) in [5.74, 6) is -1.31. The fourth-order valence-corrected chi connectivity index (χ4v) is 2.13. The molecule has 0 amide bonds. The van der Waals surface area contributed by atoms with E-state index in [0.29, 0.717) is 5.56 Å². The van der Waals surface area contributed by atoms with Crippen LogP contribution >= 0.6 is 31.9 Å². The van der Waals surface area contributed by atoms with Gasteiger partial charge in [0.05, 0.1) is 17.5 Å². The zero-order chi connectivity index (χ0) is 13.0. The molecule has 0 heterocycles. The molecule has 0 bridgehead atoms. The van der Waals surface area contributed by atoms with Gasteiger partial charge in [-0.2, -0.15) is 0 Å². The van der Waals surface area contributed by atoms with Crippen molar-refractivity contribution in [2.45, 2.75) is 10.7 Å². The van der Waals surface area contributed by atoms with Crippen molar-refractivity contribution in [1.29, 1.82) is 0 Å². The summed E-state index contributed by atoms with van der Waals surface area (Å²) >= 11 is 6.54. The Hall–Kier alpha value is -0.620. The van der Waals surface area contributed by atoms with Gasteiger partial charge in [-0.1, -0.05) is 37.9 Å². The third-order valence-electron chi connectivity index (χ3n) is 2.06. The quantitative estimate of drug-likeness (QED) is 0.598. The molecule has 6 heteroatoms. The number of ether oxygens (including phenoxy) is 2. The van der Waals surface area contributed by atoms with Crippen molar-refractivity contribution < 1.29 is 18.7 Å². The Morgan fingerprint density at radius 1 is 1.47 bits per heavy atom. The van der Waals surface area contributed by atoms with Crippen LogP contribution in [0.15, 0.2) is 12.1 Å². The Balaban J connectivity index is 3.38. The summed E-state index contributed by atoms with van der Waals surface area (Å²) in [4.78, 5) is 11.8. The molecule has 0 fully saturated rings. The van der Waals surface area contributed by atoms with E-state index in [-0.39, 0.29) is 21.7 Å². The lowest BCUT2D eigenvalue weighted by Gasteiger charge is -2.14. The third kappa shape index (κ3) is 3.19. The third-order valence-corrected chi connectivity index (χ3v) is 3.05. The first kappa shape index (κ1) is 14.4. The second kappa shape index (κ2) is 6.35. The highest BCUT2D eigenvalue weighted by molar-refractivity contribution is 9.24. The zero-order valence-corrected chi connectivity index (χ0v) is 12.5. The Morgan fingerprint density at radius 2 is 2.12 bits per heavy atom. The van der Waals surface area contributed by atoms with Gasteiger partial charge < -0.3 is 9.47 Å². The van der Waals surface area contributed by atoms with Crippen LogP contribution in [0.1, 0.15) is 26.6 Å². The molecule has 0 spiro atoms. The van der Waals surface area contributed by atoms with Gasteiger partial charge in [0.25, 0.3) is 0 Å². The fourth-order valence-electron chi connectivity index (χ4n) is 1.37. The number of halogens is 3. The van der Waals surface area contributed by atoms with Crippen LogP contribution in [0, 0.1) is 5.82 Å². The molecule has 1 rings (SSSR count). The maximum Gasteiger partial charge on any atom is 0.342 e. The summed E-state index contributed by atoms with van der Waals surface area (Å²) in [6.45, 7) is 1.90. The molecule has 0 aliphatic rings. The molecule has 0 aliphatic heterocycles. The van der Waals surface area contributed by atoms with Crippen LogP contribution in [-0.4, -0.2) is 19.7 Å². The zero-order valence-electron chi connectivity index (χ0n) is 9.30. The van der Waals surface area contributed by atoms with E-state index in [9.17, 15) is 9.18 Å². The first-order valence-electron chi connectivity index (χ1n) is 4.84. The Morgan fingerprint density at radius 3 is 2.59 bits per heavy atom. The van der Waals surface area contributed by atoms with E-state index in [1.54, 1.807) is 6.92 Å². The molecule has 0 atom stereocenters. The number of benzene rings is 1. The van der Waals surface area contributed by atoms with Gasteiger partial charge in [-0.3, -0.25) is 0 Å². The summed E-state index contributed by atoms with van der Waals surface area (Å²) in [7, 11) is 1.31. The lowest BCUT2D eigenvalue weighted by molar-refractivity contribution is 0.0520. The van der Waals surface area contributed by atoms with Crippen molar-refractivity contribution >= 4 is 37.8 Å². The number of carbonyl (C=O) groups excluding carboxylic acids is 1. The molecular weight excluding hydrogens is 359 g/mol. The van der Waals surface area contributed by atoms with Crippen molar-refractivity contribution in [3.63, 3.8) is 0 Å². The van der Waals surface area contributed by atoms with E-state index < -0.39 is 11.8 Å². The topological polar surface area (TPSA) is 35.5 Å². The molecule has 0 radical (unpaired) electrons. The molecule has 1 aromatic rings. The lowest BCUT2D eigenvalue weighted by Crippen LogP contribution is -2.11. The van der Waals surface area contributed by atoms with Gasteiger partial charge in [0.2, 0.25) is 0 Å². The van der Waals surface area contributed by atoms with Crippen molar-refractivity contribution in [2.75, 3.05) is 13.7 Å². The van der Waals surface area contributed by atoms with Gasteiger partial charge in [0.1, 0.15) is 5.56 Å². The molecule has 94 valence electrons. The molecule has 0 aromatic heterocycles. The van der Waals surface area contributed by atoms with Crippen LogP contribution in [-0.2, 0) is 4.74 Å². The monoisotopic (exact) mass is 368 g/mol. The fraction of sp³-hybridized carbons (Fsp3) is 0.364. The summed E-state index contributed by atoms with van der Waals surface area (Å²) in [6.07, 6.45) is 0. The number of esters is 1. The number of hydrogen-bond donors (Lipinski definition) is 0. The van der Waals surface area contributed by atoms with Crippen molar-refractivity contribution in [1.82, 2.24) is 0 Å². The van der Waals surface area contributed by atoms with Crippen molar-refractivity contribution in [2.24, 2.45) is 0 Å². The number of hydrogen-bond acceptors (Lipinski definition) is 3. The van der Waals surface area contributed by atoms with E-state index in [4.69, 9.17) is 9.47 Å². The molecule has 0 saturated heterocycles. The minimum atomic E-state index is -0.609. The first-order chi connectivity index (χ1) is 8.02. The van der Waals surface area contributed by atoms with Crippen LogP contribution < -0.4 is 4.74 Å². The van der Waals surface area contributed by atoms with E-state index in [2.05, 4.69) is 31.9 Å². The average Bonchev–Trinajstić information content (AvgIpc) is 2.28. The molecule has 0 aliphatic carbocycles. The summed E-state index contributed by atoms with van der Waals surface area (Å²) in [6, 6.07) is 2.74. The van der Waals surface area contributed by atoms with Crippen LogP contribution in [0.3, 0.4) is 0 Å². The summed E-state index contributed by atoms with van der Waals surface area (Å²) in [5.41, 5.74) is 0.648. The molecular formula is C11H11Br2FO3. The molecule has 0 N–H and O–H groups in total. The summed E-state index contributed by atoms with van der Waals surface area (Å²) < 4.78 is 23.0. The maximum atomic E-state index is 13.5. The standard InChI is InChI=1S/C11H11Br2FO3/c1-3-17-11(15)8-6(10(12)13)4-5-7(14)9(8)16-2/h4-5,10H,3H2,1-2H3. The summed E-state index contributed by atoms with van der Waals surface area (Å²) in [5, 5.41) is 0. The minimum absolute atomic E-state index is 0.0908. The second-order valence-electron chi connectivity index (χ2n) is 3.07. The smallest absolute Gasteiger partial charge is 0.342 e. The molecule has 1 aromatic carbocycles. The first-order valence-corrected chi connectivity index (χ1v) is 6.67. The van der Waals surface area contributed by atoms with Gasteiger partial charge in [0.15, 0.2) is 11.6 Å². The van der Waals surface area contributed by atoms with E-state index >= 15 is 0 Å². The van der Waals surface area contributed by atoms with Crippen molar-refractivity contribution in [3.05, 3.63) is 29.1 Å². The average molecular weight is 370 g/mol. The largest absolute Gasteiger partial charge is 0.493 e. The van der Waals surface area contributed by atoms with E-state index in [1.807, 2.05) is 0 Å². The molecule has 0 saturated carbocycles. The highest BCUT2D eigenvalue weighted by Crippen LogP contribution is 2.37. The highest BCUT2D eigenvalue weighted by atomic mass is 79.9. The SMILES string of the molecule is CCOC(=O)c1c(C(Br)Br)ccc(F)c1OC. The Labute approximate surface area is 116 Å². The number of carbonyl (C=O) groups is 1. The Kier molecular flexibility index (Phi) is 5.39. The molecule has 17 heavy (non-hydrogen) atoms. The number of rotatable bonds is 4. The predicted octanol–water partition coefficient (Wildman–Crippen LogP) is 3.80.